The molecule has 0 atom stereocenters. The van der Waals surface area contributed by atoms with Crippen molar-refractivity contribution in [1.29, 1.82) is 0 Å². The number of hydrogen-bond donors (Lipinski definition) is 0. The molecule has 18 heavy (non-hydrogen) atoms. The quantitative estimate of drug-likeness (QED) is 0.780. The van der Waals surface area contributed by atoms with Crippen molar-refractivity contribution in [3.05, 3.63) is 68.1 Å². The second-order valence-electron chi connectivity index (χ2n) is 3.91. The molecule has 0 unspecified atom stereocenters. The van der Waals surface area contributed by atoms with E-state index in [9.17, 15) is 13.6 Å². The highest BCUT2D eigenvalue weighted by molar-refractivity contribution is 9.10. The minimum absolute atomic E-state index is 0.122. The highest BCUT2D eigenvalue weighted by atomic mass is 79.9. The van der Waals surface area contributed by atoms with Gasteiger partial charge in [0.1, 0.15) is 11.6 Å². The van der Waals surface area contributed by atoms with Gasteiger partial charge in [-0.25, -0.2) is 8.78 Å². The monoisotopic (exact) mass is 313 g/mol. The average Bonchev–Trinajstić information content (AvgIpc) is 2.33. The van der Waals surface area contributed by atoms with Crippen molar-refractivity contribution in [2.24, 2.45) is 0 Å². The van der Waals surface area contributed by atoms with Crippen LogP contribution >= 0.6 is 15.9 Å². The van der Waals surface area contributed by atoms with Crippen molar-refractivity contribution < 1.29 is 8.78 Å². The number of nitrogens with zero attached hydrogens (tertiary/aromatic N) is 1. The number of pyridine rings is 1. The summed E-state index contributed by atoms with van der Waals surface area (Å²) in [4.78, 5) is 11.7. The molecule has 0 fully saturated rings. The summed E-state index contributed by atoms with van der Waals surface area (Å²) in [5.74, 6) is -1.34. The number of hydrogen-bond acceptors (Lipinski definition) is 1. The molecule has 94 valence electrons. The van der Waals surface area contributed by atoms with Crippen LogP contribution in [-0.2, 0) is 6.54 Å². The van der Waals surface area contributed by atoms with Gasteiger partial charge in [-0.2, -0.15) is 0 Å². The fourth-order valence-corrected chi connectivity index (χ4v) is 2.07. The molecule has 0 spiro atoms. The molecule has 0 saturated heterocycles. The number of benzene rings is 1. The lowest BCUT2D eigenvalue weighted by Crippen LogP contribution is -2.22. The van der Waals surface area contributed by atoms with E-state index >= 15 is 0 Å². The van der Waals surface area contributed by atoms with E-state index in [0.29, 0.717) is 5.69 Å². The first kappa shape index (κ1) is 13.0. The van der Waals surface area contributed by atoms with Gasteiger partial charge in [-0.15, -0.1) is 0 Å². The topological polar surface area (TPSA) is 22.0 Å². The van der Waals surface area contributed by atoms with Crippen molar-refractivity contribution in [3.8, 4) is 0 Å². The minimum atomic E-state index is -0.676. The molecule has 0 bridgehead atoms. The van der Waals surface area contributed by atoms with Crippen molar-refractivity contribution in [1.82, 2.24) is 4.57 Å². The third-order valence-electron chi connectivity index (χ3n) is 2.72. The van der Waals surface area contributed by atoms with Crippen molar-refractivity contribution in [2.75, 3.05) is 0 Å². The minimum Gasteiger partial charge on any atom is -0.308 e. The predicted molar refractivity (Wildman–Crippen MR) is 68.6 cm³/mol. The molecule has 0 saturated carbocycles. The molecule has 2 aromatic rings. The van der Waals surface area contributed by atoms with Gasteiger partial charge in [-0.1, -0.05) is 6.07 Å². The molecular formula is C13H10BrF2NO. The highest BCUT2D eigenvalue weighted by Crippen LogP contribution is 2.22. The Morgan fingerprint density at radius 3 is 2.61 bits per heavy atom. The second kappa shape index (κ2) is 5.02. The fraction of sp³-hybridized carbons (Fsp3) is 0.154. The van der Waals surface area contributed by atoms with E-state index < -0.39 is 11.6 Å². The number of aromatic nitrogens is 1. The van der Waals surface area contributed by atoms with E-state index in [1.165, 1.54) is 22.8 Å². The lowest BCUT2D eigenvalue weighted by atomic mass is 10.2. The molecule has 0 amide bonds. The van der Waals surface area contributed by atoms with E-state index in [1.807, 2.05) is 0 Å². The maximum atomic E-state index is 13.8. The summed E-state index contributed by atoms with van der Waals surface area (Å²) >= 11 is 3.00. The summed E-state index contributed by atoms with van der Waals surface area (Å²) in [6.07, 6.45) is 0. The molecule has 0 aliphatic rings. The first-order valence-corrected chi connectivity index (χ1v) is 6.09. The second-order valence-corrected chi connectivity index (χ2v) is 4.77. The smallest absolute Gasteiger partial charge is 0.251 e. The van der Waals surface area contributed by atoms with Crippen LogP contribution in [0.1, 0.15) is 11.3 Å². The first-order chi connectivity index (χ1) is 8.50. The van der Waals surface area contributed by atoms with Gasteiger partial charge in [0.25, 0.3) is 5.56 Å². The Morgan fingerprint density at radius 2 is 1.94 bits per heavy atom. The Kier molecular flexibility index (Phi) is 3.61. The molecule has 0 aliphatic carbocycles. The summed E-state index contributed by atoms with van der Waals surface area (Å²) in [6, 6.07) is 7.17. The van der Waals surface area contributed by atoms with Gasteiger partial charge < -0.3 is 4.57 Å². The van der Waals surface area contributed by atoms with E-state index in [4.69, 9.17) is 0 Å². The number of halogens is 3. The molecular weight excluding hydrogens is 304 g/mol. The van der Waals surface area contributed by atoms with Gasteiger partial charge in [0.05, 0.1) is 11.0 Å². The van der Waals surface area contributed by atoms with Gasteiger partial charge in [-0.3, -0.25) is 4.79 Å². The van der Waals surface area contributed by atoms with E-state index in [1.54, 1.807) is 19.1 Å². The zero-order valence-electron chi connectivity index (χ0n) is 9.58. The summed E-state index contributed by atoms with van der Waals surface area (Å²) in [7, 11) is 0. The maximum Gasteiger partial charge on any atom is 0.251 e. The Bertz CT molecular complexity index is 652. The van der Waals surface area contributed by atoms with Crippen LogP contribution < -0.4 is 5.56 Å². The summed E-state index contributed by atoms with van der Waals surface area (Å²) in [5, 5.41) is 0. The zero-order valence-corrected chi connectivity index (χ0v) is 11.2. The van der Waals surface area contributed by atoms with Crippen LogP contribution in [0.15, 0.2) is 39.6 Å². The summed E-state index contributed by atoms with van der Waals surface area (Å²) in [5.41, 5.74) is 0.246. The standard InChI is InChI=1S/C13H10BrF2NO/c1-8-3-2-4-12(18)17(8)7-9-11(15)6-5-10(14)13(9)16/h2-6H,7H2,1H3. The van der Waals surface area contributed by atoms with Gasteiger partial charge in [0.15, 0.2) is 0 Å². The Balaban J connectivity index is 2.53. The molecule has 1 heterocycles. The average molecular weight is 314 g/mol. The molecule has 1 aromatic heterocycles. The number of rotatable bonds is 2. The van der Waals surface area contributed by atoms with Gasteiger partial charge >= 0.3 is 0 Å². The van der Waals surface area contributed by atoms with Gasteiger partial charge in [0, 0.05) is 17.3 Å². The van der Waals surface area contributed by atoms with Crippen molar-refractivity contribution in [3.63, 3.8) is 0 Å². The van der Waals surface area contributed by atoms with E-state index in [0.717, 1.165) is 0 Å². The van der Waals surface area contributed by atoms with Crippen LogP contribution in [0, 0.1) is 18.6 Å². The van der Waals surface area contributed by atoms with Crippen molar-refractivity contribution >= 4 is 15.9 Å². The lowest BCUT2D eigenvalue weighted by molar-refractivity contribution is 0.535. The molecule has 0 N–H and O–H groups in total. The van der Waals surface area contributed by atoms with Crippen LogP contribution in [-0.4, -0.2) is 4.57 Å². The van der Waals surface area contributed by atoms with Gasteiger partial charge in [-0.05, 0) is 41.1 Å². The molecule has 2 nitrogen and oxygen atoms in total. The summed E-state index contributed by atoms with van der Waals surface area (Å²) in [6.45, 7) is 1.60. The molecule has 2 rings (SSSR count). The normalized spacial score (nSPS) is 10.7. The highest BCUT2D eigenvalue weighted by Gasteiger charge is 2.13. The van der Waals surface area contributed by atoms with Crippen LogP contribution in [0.3, 0.4) is 0 Å². The molecule has 5 heteroatoms. The van der Waals surface area contributed by atoms with Crippen LogP contribution in [0.5, 0.6) is 0 Å². The SMILES string of the molecule is Cc1cccc(=O)n1Cc1c(F)ccc(Br)c1F. The van der Waals surface area contributed by atoms with Gasteiger partial charge in [0.2, 0.25) is 0 Å². The lowest BCUT2D eigenvalue weighted by Gasteiger charge is -2.11. The Hall–Kier alpha value is -1.49. The predicted octanol–water partition coefficient (Wildman–Crippen LogP) is 3.25. The third kappa shape index (κ3) is 2.36. The van der Waals surface area contributed by atoms with Crippen molar-refractivity contribution in [2.45, 2.75) is 13.5 Å². The molecule has 1 aromatic carbocycles. The van der Waals surface area contributed by atoms with E-state index in [-0.39, 0.29) is 22.1 Å². The van der Waals surface area contributed by atoms with Crippen LogP contribution in [0.25, 0.3) is 0 Å². The zero-order chi connectivity index (χ0) is 13.3. The molecule has 0 radical (unpaired) electrons. The number of aryl methyl sites for hydroxylation is 1. The van der Waals surface area contributed by atoms with E-state index in [2.05, 4.69) is 15.9 Å². The van der Waals surface area contributed by atoms with Crippen LogP contribution in [0.4, 0.5) is 8.78 Å². The van der Waals surface area contributed by atoms with Crippen LogP contribution in [0.2, 0.25) is 0 Å². The first-order valence-electron chi connectivity index (χ1n) is 5.29. The largest absolute Gasteiger partial charge is 0.308 e. The Morgan fingerprint density at radius 1 is 1.22 bits per heavy atom. The fourth-order valence-electron chi connectivity index (χ4n) is 1.70. The Labute approximate surface area is 111 Å². The molecule has 0 aliphatic heterocycles. The summed E-state index contributed by atoms with van der Waals surface area (Å²) < 4.78 is 28.9. The third-order valence-corrected chi connectivity index (χ3v) is 3.34. The maximum absolute atomic E-state index is 13.8.